The predicted octanol–water partition coefficient (Wildman–Crippen LogP) is 4.64. The Morgan fingerprint density at radius 2 is 1.60 bits per heavy atom. The van der Waals surface area contributed by atoms with Crippen molar-refractivity contribution in [2.45, 2.75) is 31.1 Å². The molecule has 0 unspecified atom stereocenters. The average Bonchev–Trinajstić information content (AvgIpc) is 2.65. The van der Waals surface area contributed by atoms with E-state index in [4.69, 9.17) is 11.6 Å². The molecular formula is C20H21ClO2SSe. The van der Waals surface area contributed by atoms with Gasteiger partial charge in [0.05, 0.1) is 0 Å². The monoisotopic (exact) mass is 440 g/mol. The van der Waals surface area contributed by atoms with Crippen LogP contribution >= 0.6 is 11.6 Å². The van der Waals surface area contributed by atoms with Crippen molar-refractivity contribution >= 4 is 40.9 Å². The van der Waals surface area contributed by atoms with Crippen LogP contribution in [0.25, 0.3) is 0 Å². The van der Waals surface area contributed by atoms with Gasteiger partial charge in [0, 0.05) is 0 Å². The van der Waals surface area contributed by atoms with E-state index in [0.29, 0.717) is 0 Å². The van der Waals surface area contributed by atoms with E-state index in [0.717, 1.165) is 19.3 Å². The second-order valence-corrected chi connectivity index (χ2v) is 10.5. The van der Waals surface area contributed by atoms with Crippen LogP contribution in [0.15, 0.2) is 86.5 Å². The fourth-order valence-electron chi connectivity index (χ4n) is 2.12. The van der Waals surface area contributed by atoms with Crippen molar-refractivity contribution in [1.29, 1.82) is 0 Å². The van der Waals surface area contributed by atoms with Gasteiger partial charge >= 0.3 is 162 Å². The van der Waals surface area contributed by atoms with Crippen LogP contribution in [0.3, 0.4) is 0 Å². The number of hydrogen-bond acceptors (Lipinski definition) is 2. The van der Waals surface area contributed by atoms with Crippen LogP contribution in [0.2, 0.25) is 0 Å². The van der Waals surface area contributed by atoms with Crippen molar-refractivity contribution in [3.8, 4) is 0 Å². The minimum absolute atomic E-state index is 0.142. The van der Waals surface area contributed by atoms with Crippen LogP contribution in [-0.2, 0) is 9.84 Å². The molecule has 2 aromatic carbocycles. The number of halogens is 1. The third kappa shape index (κ3) is 6.16. The molecule has 0 heterocycles. The fourth-order valence-corrected chi connectivity index (χ4v) is 5.49. The molecule has 0 spiro atoms. The molecule has 0 aliphatic carbocycles. The Morgan fingerprint density at radius 1 is 1.00 bits per heavy atom. The zero-order valence-electron chi connectivity index (χ0n) is 14.1. The van der Waals surface area contributed by atoms with E-state index >= 15 is 0 Å². The number of hydrogen-bond donors (Lipinski definition) is 0. The summed E-state index contributed by atoms with van der Waals surface area (Å²) in [5, 5.41) is 0. The second-order valence-electron chi connectivity index (χ2n) is 5.44. The fraction of sp³-hybridized carbons (Fsp3) is 0.200. The maximum atomic E-state index is 12.5. The molecule has 0 saturated heterocycles. The molecule has 2 aromatic rings. The van der Waals surface area contributed by atoms with Crippen LogP contribution in [0, 0.1) is 0 Å². The first-order valence-corrected chi connectivity index (χ1v) is 11.7. The molecule has 25 heavy (non-hydrogen) atoms. The van der Waals surface area contributed by atoms with Crippen LogP contribution in [0.1, 0.15) is 26.2 Å². The second kappa shape index (κ2) is 9.98. The molecule has 0 aromatic heterocycles. The number of unbranched alkanes of at least 4 members (excludes halogenated alkanes) is 1. The molecule has 0 atom stereocenters. The zero-order valence-corrected chi connectivity index (χ0v) is 17.3. The summed E-state index contributed by atoms with van der Waals surface area (Å²) in [7, 11) is -3.64. The van der Waals surface area contributed by atoms with Crippen molar-refractivity contribution in [1.82, 2.24) is 0 Å². The van der Waals surface area contributed by atoms with Gasteiger partial charge in [-0.2, -0.15) is 0 Å². The molecule has 0 fully saturated rings. The molecule has 2 nitrogen and oxygen atoms in total. The van der Waals surface area contributed by atoms with Crippen LogP contribution in [-0.4, -0.2) is 23.4 Å². The molecule has 0 bridgehead atoms. The molecule has 5 heteroatoms. The first-order chi connectivity index (χ1) is 12.0. The molecule has 0 aliphatic heterocycles. The van der Waals surface area contributed by atoms with E-state index in [1.54, 1.807) is 30.3 Å². The van der Waals surface area contributed by atoms with Crippen molar-refractivity contribution in [3.63, 3.8) is 0 Å². The molecule has 0 radical (unpaired) electrons. The van der Waals surface area contributed by atoms with E-state index in [1.165, 1.54) is 15.0 Å². The van der Waals surface area contributed by atoms with Gasteiger partial charge in [-0.15, -0.1) is 0 Å². The van der Waals surface area contributed by atoms with Crippen molar-refractivity contribution in [2.75, 3.05) is 0 Å². The average molecular weight is 440 g/mol. The van der Waals surface area contributed by atoms with Crippen LogP contribution < -0.4 is 4.46 Å². The normalized spacial score (nSPS) is 13.0. The van der Waals surface area contributed by atoms with Gasteiger partial charge < -0.3 is 0 Å². The van der Waals surface area contributed by atoms with Crippen LogP contribution in [0.5, 0.6) is 0 Å². The Labute approximate surface area is 161 Å². The molecule has 0 aliphatic rings. The Hall–Kier alpha value is -1.32. The molecule has 132 valence electrons. The van der Waals surface area contributed by atoms with E-state index < -0.39 is 9.84 Å². The third-order valence-electron chi connectivity index (χ3n) is 3.48. The summed E-state index contributed by atoms with van der Waals surface area (Å²) in [6, 6.07) is 18.5. The van der Waals surface area contributed by atoms with Gasteiger partial charge in [0.1, 0.15) is 0 Å². The molecular weight excluding hydrogens is 419 g/mol. The molecule has 0 saturated carbocycles. The Balaban J connectivity index is 2.24. The third-order valence-corrected chi connectivity index (χ3v) is 8.09. The Bertz CT molecular complexity index is 829. The van der Waals surface area contributed by atoms with Crippen molar-refractivity contribution in [3.05, 3.63) is 81.7 Å². The maximum absolute atomic E-state index is 12.5. The summed E-state index contributed by atoms with van der Waals surface area (Å²) in [6.45, 7) is 2.15. The van der Waals surface area contributed by atoms with Gasteiger partial charge in [-0.05, 0) is 0 Å². The van der Waals surface area contributed by atoms with E-state index in [-0.39, 0.29) is 24.2 Å². The quantitative estimate of drug-likeness (QED) is 0.443. The summed E-state index contributed by atoms with van der Waals surface area (Å²) in [4.78, 5) is 0.216. The predicted molar refractivity (Wildman–Crippen MR) is 107 cm³/mol. The van der Waals surface area contributed by atoms with Gasteiger partial charge in [0.2, 0.25) is 0 Å². The summed E-state index contributed by atoms with van der Waals surface area (Å²) < 4.78 is 27.4. The number of allylic oxidation sites excluding steroid dienone is 3. The number of sulfone groups is 1. The summed E-state index contributed by atoms with van der Waals surface area (Å²) in [6.07, 6.45) is 6.54. The standard InChI is InChI=1S/C20H21ClO2SSe/c1-2-3-12-19(25-18-13-8-5-9-14-18)15-16-20(21)24(22,23)17-10-6-4-7-11-17/h4-11,13-16H,2-3,12H2,1H3/b19-15-,20-16+. The number of rotatable bonds is 8. The minimum atomic E-state index is -3.64. The van der Waals surface area contributed by atoms with Gasteiger partial charge in [-0.25, -0.2) is 0 Å². The zero-order chi connectivity index (χ0) is 18.1. The first kappa shape index (κ1) is 20.0. The van der Waals surface area contributed by atoms with Gasteiger partial charge in [0.25, 0.3) is 0 Å². The number of benzene rings is 2. The van der Waals surface area contributed by atoms with Crippen LogP contribution in [0.4, 0.5) is 0 Å². The SMILES string of the molecule is CCCC/C(=C/C=C(\Cl)S(=O)(=O)c1ccccc1)[Se]c1ccccc1. The molecule has 0 amide bonds. The molecule has 2 rings (SSSR count). The van der Waals surface area contributed by atoms with Gasteiger partial charge in [-0.3, -0.25) is 0 Å². The first-order valence-electron chi connectivity index (χ1n) is 8.13. The van der Waals surface area contributed by atoms with E-state index in [2.05, 4.69) is 19.1 Å². The van der Waals surface area contributed by atoms with Gasteiger partial charge in [0.15, 0.2) is 0 Å². The van der Waals surface area contributed by atoms with Crippen molar-refractivity contribution in [2.24, 2.45) is 0 Å². The van der Waals surface area contributed by atoms with E-state index in [9.17, 15) is 8.42 Å². The summed E-state index contributed by atoms with van der Waals surface area (Å²) in [5.74, 6) is 0. The summed E-state index contributed by atoms with van der Waals surface area (Å²) >= 11 is 6.29. The van der Waals surface area contributed by atoms with E-state index in [1.807, 2.05) is 24.3 Å². The topological polar surface area (TPSA) is 34.1 Å². The van der Waals surface area contributed by atoms with Crippen molar-refractivity contribution < 1.29 is 8.42 Å². The Kier molecular flexibility index (Phi) is 7.98. The Morgan fingerprint density at radius 3 is 2.20 bits per heavy atom. The van der Waals surface area contributed by atoms with Gasteiger partial charge in [-0.1, -0.05) is 0 Å². The molecule has 0 N–H and O–H groups in total. The summed E-state index contributed by atoms with van der Waals surface area (Å²) in [5.41, 5.74) is 0.